The molecule has 2 heterocycles. The zero-order valence-corrected chi connectivity index (χ0v) is 16.1. The van der Waals surface area contributed by atoms with E-state index in [1.807, 2.05) is 49.4 Å². The zero-order chi connectivity index (χ0) is 19.5. The maximum Gasteiger partial charge on any atom is 0.287 e. The smallest absolute Gasteiger partial charge is 0.287 e. The van der Waals surface area contributed by atoms with Crippen molar-refractivity contribution < 1.29 is 13.9 Å². The molecule has 4 rings (SSSR count). The van der Waals surface area contributed by atoms with Gasteiger partial charge in [0.05, 0.1) is 17.6 Å². The van der Waals surface area contributed by atoms with Crippen LogP contribution in [0.25, 0.3) is 22.0 Å². The molecule has 1 N–H and O–H groups in total. The number of rotatable bonds is 7. The summed E-state index contributed by atoms with van der Waals surface area (Å²) in [6.45, 7) is 3.68. The van der Waals surface area contributed by atoms with Gasteiger partial charge in [0.2, 0.25) is 0 Å². The fourth-order valence-corrected chi connectivity index (χ4v) is 3.57. The largest absolute Gasteiger partial charge is 0.451 e. The van der Waals surface area contributed by atoms with Crippen LogP contribution in [0.5, 0.6) is 0 Å². The molecule has 6 nitrogen and oxygen atoms in total. The number of carbonyl (C=O) groups excluding carboxylic acids is 1. The average molecular weight is 377 g/mol. The van der Waals surface area contributed by atoms with Gasteiger partial charge in [-0.2, -0.15) is 0 Å². The molecule has 2 aromatic heterocycles. The van der Waals surface area contributed by atoms with Crippen molar-refractivity contribution in [3.63, 3.8) is 0 Å². The second-order valence-corrected chi connectivity index (χ2v) is 6.75. The van der Waals surface area contributed by atoms with E-state index in [1.54, 1.807) is 7.11 Å². The Morgan fingerprint density at radius 1 is 1.18 bits per heavy atom. The van der Waals surface area contributed by atoms with Crippen LogP contribution >= 0.6 is 0 Å². The Balaban J connectivity index is 1.43. The molecule has 0 aliphatic heterocycles. The normalized spacial score (nSPS) is 11.4. The number of ether oxygens (including phenoxy) is 1. The second-order valence-electron chi connectivity index (χ2n) is 6.75. The van der Waals surface area contributed by atoms with Gasteiger partial charge >= 0.3 is 0 Å². The average Bonchev–Trinajstić information content (AvgIpc) is 3.23. The van der Waals surface area contributed by atoms with Gasteiger partial charge in [0.25, 0.3) is 5.91 Å². The van der Waals surface area contributed by atoms with Crippen molar-refractivity contribution in [2.45, 2.75) is 26.5 Å². The van der Waals surface area contributed by atoms with Gasteiger partial charge in [-0.1, -0.05) is 30.3 Å². The van der Waals surface area contributed by atoms with Gasteiger partial charge in [-0.3, -0.25) is 4.79 Å². The first kappa shape index (κ1) is 18.3. The number of fused-ring (bicyclic) bond motifs is 2. The quantitative estimate of drug-likeness (QED) is 0.493. The molecule has 0 unspecified atom stereocenters. The summed E-state index contributed by atoms with van der Waals surface area (Å²) in [4.78, 5) is 17.2. The van der Waals surface area contributed by atoms with Crippen LogP contribution in [0.3, 0.4) is 0 Å². The summed E-state index contributed by atoms with van der Waals surface area (Å²) in [6, 6.07) is 15.7. The molecule has 28 heavy (non-hydrogen) atoms. The van der Waals surface area contributed by atoms with Gasteiger partial charge < -0.3 is 19.0 Å². The van der Waals surface area contributed by atoms with Crippen molar-refractivity contribution in [1.29, 1.82) is 0 Å². The molecule has 2 aromatic carbocycles. The number of para-hydroxylation sites is 3. The first-order valence-electron chi connectivity index (χ1n) is 9.38. The number of methoxy groups -OCH3 is 1. The lowest BCUT2D eigenvalue weighted by Crippen LogP contribution is -2.26. The molecule has 0 atom stereocenters. The minimum absolute atomic E-state index is 0.213. The Morgan fingerprint density at radius 2 is 1.96 bits per heavy atom. The van der Waals surface area contributed by atoms with Crippen LogP contribution in [0, 0.1) is 6.92 Å². The van der Waals surface area contributed by atoms with Gasteiger partial charge in [0, 0.05) is 31.1 Å². The van der Waals surface area contributed by atoms with Crippen molar-refractivity contribution >= 4 is 27.9 Å². The number of hydrogen-bond donors (Lipinski definition) is 1. The Kier molecular flexibility index (Phi) is 5.12. The minimum atomic E-state index is -0.213. The number of nitrogens with one attached hydrogen (secondary N) is 1. The van der Waals surface area contributed by atoms with Crippen molar-refractivity contribution in [2.24, 2.45) is 0 Å². The predicted molar refractivity (Wildman–Crippen MR) is 108 cm³/mol. The van der Waals surface area contributed by atoms with Crippen LogP contribution in [0.2, 0.25) is 0 Å². The lowest BCUT2D eigenvalue weighted by molar-refractivity contribution is 0.0920. The SMILES string of the molecule is COCc1c(C(=O)NCCCn2c(C)nc3ccccc32)oc2ccccc12. The molecule has 0 spiro atoms. The second kappa shape index (κ2) is 7.86. The van der Waals surface area contributed by atoms with E-state index in [1.165, 1.54) is 0 Å². The highest BCUT2D eigenvalue weighted by molar-refractivity contribution is 5.99. The van der Waals surface area contributed by atoms with E-state index in [-0.39, 0.29) is 5.91 Å². The molecule has 0 saturated carbocycles. The van der Waals surface area contributed by atoms with Gasteiger partial charge in [0.15, 0.2) is 5.76 Å². The lowest BCUT2D eigenvalue weighted by atomic mass is 10.1. The van der Waals surface area contributed by atoms with Crippen molar-refractivity contribution in [2.75, 3.05) is 13.7 Å². The maximum atomic E-state index is 12.7. The Labute approximate surface area is 163 Å². The molecule has 144 valence electrons. The molecule has 1 amide bonds. The number of aromatic nitrogens is 2. The third-order valence-electron chi connectivity index (χ3n) is 4.88. The first-order chi connectivity index (χ1) is 13.7. The van der Waals surface area contributed by atoms with E-state index < -0.39 is 0 Å². The monoisotopic (exact) mass is 377 g/mol. The van der Waals surface area contributed by atoms with Crippen molar-refractivity contribution in [1.82, 2.24) is 14.9 Å². The number of aryl methyl sites for hydroxylation is 2. The molecule has 6 heteroatoms. The number of imidazole rings is 1. The van der Waals surface area contributed by atoms with Crippen LogP contribution in [-0.4, -0.2) is 29.1 Å². The standard InChI is InChI=1S/C22H23N3O3/c1-15-24-18-9-4-5-10-19(18)25(15)13-7-12-23-22(26)21-17(14-27-2)16-8-3-6-11-20(16)28-21/h3-6,8-11H,7,12-14H2,1-2H3,(H,23,26). The molecule has 0 fully saturated rings. The molecule has 0 radical (unpaired) electrons. The fourth-order valence-electron chi connectivity index (χ4n) is 3.57. The highest BCUT2D eigenvalue weighted by Gasteiger charge is 2.20. The summed E-state index contributed by atoms with van der Waals surface area (Å²) in [6.07, 6.45) is 0.798. The van der Waals surface area contributed by atoms with Crippen molar-refractivity contribution in [3.8, 4) is 0 Å². The summed E-state index contributed by atoms with van der Waals surface area (Å²) < 4.78 is 13.2. The molecule has 0 saturated heterocycles. The fraction of sp³-hybridized carbons (Fsp3) is 0.273. The van der Waals surface area contributed by atoms with Crippen LogP contribution in [0.4, 0.5) is 0 Å². The van der Waals surface area contributed by atoms with E-state index in [0.29, 0.717) is 24.5 Å². The molecular formula is C22H23N3O3. The minimum Gasteiger partial charge on any atom is -0.451 e. The molecule has 0 bridgehead atoms. The summed E-state index contributed by atoms with van der Waals surface area (Å²) in [5, 5.41) is 3.88. The van der Waals surface area contributed by atoms with Gasteiger partial charge in [-0.25, -0.2) is 4.98 Å². The first-order valence-corrected chi connectivity index (χ1v) is 9.38. The Bertz CT molecular complexity index is 1130. The number of hydrogen-bond acceptors (Lipinski definition) is 4. The van der Waals surface area contributed by atoms with Gasteiger partial charge in [-0.05, 0) is 31.5 Å². The number of nitrogens with zero attached hydrogens (tertiary/aromatic N) is 2. The summed E-state index contributed by atoms with van der Waals surface area (Å²) >= 11 is 0. The van der Waals surface area contributed by atoms with Gasteiger partial charge in [-0.15, -0.1) is 0 Å². The molecule has 4 aromatic rings. The Morgan fingerprint density at radius 3 is 2.82 bits per heavy atom. The number of carbonyl (C=O) groups is 1. The van der Waals surface area contributed by atoms with E-state index in [4.69, 9.17) is 9.15 Å². The van der Waals surface area contributed by atoms with Crippen LogP contribution in [-0.2, 0) is 17.9 Å². The number of benzene rings is 2. The van der Waals surface area contributed by atoms with E-state index in [0.717, 1.165) is 40.8 Å². The lowest BCUT2D eigenvalue weighted by Gasteiger charge is -2.08. The van der Waals surface area contributed by atoms with Crippen molar-refractivity contribution in [3.05, 3.63) is 65.7 Å². The molecule has 0 aliphatic rings. The molecule has 0 aliphatic carbocycles. The summed E-state index contributed by atoms with van der Waals surface area (Å²) in [5.74, 6) is 1.09. The van der Waals surface area contributed by atoms with Crippen LogP contribution in [0.15, 0.2) is 52.9 Å². The maximum absolute atomic E-state index is 12.7. The van der Waals surface area contributed by atoms with Gasteiger partial charge in [0.1, 0.15) is 11.4 Å². The predicted octanol–water partition coefficient (Wildman–Crippen LogP) is 4.06. The third-order valence-corrected chi connectivity index (χ3v) is 4.88. The van der Waals surface area contributed by atoms with E-state index in [2.05, 4.69) is 20.9 Å². The molecular weight excluding hydrogens is 354 g/mol. The highest BCUT2D eigenvalue weighted by atomic mass is 16.5. The topological polar surface area (TPSA) is 69.3 Å². The zero-order valence-electron chi connectivity index (χ0n) is 16.1. The highest BCUT2D eigenvalue weighted by Crippen LogP contribution is 2.26. The summed E-state index contributed by atoms with van der Waals surface area (Å²) in [5.41, 5.74) is 3.59. The number of furan rings is 1. The van der Waals surface area contributed by atoms with Crippen LogP contribution in [0.1, 0.15) is 28.4 Å². The van der Waals surface area contributed by atoms with E-state index >= 15 is 0 Å². The number of amides is 1. The van der Waals surface area contributed by atoms with E-state index in [9.17, 15) is 4.79 Å². The summed E-state index contributed by atoms with van der Waals surface area (Å²) in [7, 11) is 1.61. The third kappa shape index (κ3) is 3.39. The Hall–Kier alpha value is -3.12. The van der Waals surface area contributed by atoms with Crippen LogP contribution < -0.4 is 5.32 Å².